The van der Waals surface area contributed by atoms with Gasteiger partial charge in [-0.25, -0.2) is 0 Å². The standard InChI is InChI=1S/C22H30N2O3/c1-17-4-9-22(18(2)14-17)27-16-20(25)15-23-10-12-24(13-11-23)19-5-7-21(26-3)8-6-19/h4-9,14,20,25H,10-13,15-16H2,1-3H3/t20-/m0/s1. The number of aliphatic hydroxyl groups excluding tert-OH is 1. The van der Waals surface area contributed by atoms with Gasteiger partial charge in [0, 0.05) is 38.4 Å². The van der Waals surface area contributed by atoms with Gasteiger partial charge in [0.25, 0.3) is 0 Å². The summed E-state index contributed by atoms with van der Waals surface area (Å²) in [7, 11) is 1.68. The Bertz CT molecular complexity index is 725. The van der Waals surface area contributed by atoms with Gasteiger partial charge >= 0.3 is 0 Å². The number of piperazine rings is 1. The molecule has 2 aromatic rings. The Labute approximate surface area is 162 Å². The Balaban J connectivity index is 1.42. The maximum absolute atomic E-state index is 10.4. The molecular weight excluding hydrogens is 340 g/mol. The van der Waals surface area contributed by atoms with Crippen LogP contribution in [0.4, 0.5) is 5.69 Å². The van der Waals surface area contributed by atoms with E-state index in [1.807, 2.05) is 31.2 Å². The van der Waals surface area contributed by atoms with E-state index in [0.29, 0.717) is 13.2 Å². The van der Waals surface area contributed by atoms with Gasteiger partial charge in [0.1, 0.15) is 24.2 Å². The molecule has 0 bridgehead atoms. The molecule has 0 aliphatic carbocycles. The van der Waals surface area contributed by atoms with E-state index in [1.54, 1.807) is 7.11 Å². The summed E-state index contributed by atoms with van der Waals surface area (Å²) in [5.74, 6) is 1.73. The zero-order chi connectivity index (χ0) is 19.2. The number of rotatable bonds is 7. The summed E-state index contributed by atoms with van der Waals surface area (Å²) in [6.07, 6.45) is -0.488. The van der Waals surface area contributed by atoms with Crippen molar-refractivity contribution < 1.29 is 14.6 Å². The molecule has 0 unspecified atom stereocenters. The van der Waals surface area contributed by atoms with E-state index in [9.17, 15) is 5.11 Å². The number of hydrogen-bond donors (Lipinski definition) is 1. The number of aliphatic hydroxyl groups is 1. The Morgan fingerprint density at radius 3 is 2.33 bits per heavy atom. The van der Waals surface area contributed by atoms with E-state index in [-0.39, 0.29) is 0 Å². The first kappa shape index (κ1) is 19.5. The summed E-state index contributed by atoms with van der Waals surface area (Å²) in [5, 5.41) is 10.4. The first-order valence-electron chi connectivity index (χ1n) is 9.54. The van der Waals surface area contributed by atoms with Crippen molar-refractivity contribution in [1.29, 1.82) is 0 Å². The molecule has 1 aliphatic heterocycles. The van der Waals surface area contributed by atoms with Crippen LogP contribution in [0.1, 0.15) is 11.1 Å². The predicted molar refractivity (Wildman–Crippen MR) is 109 cm³/mol. The van der Waals surface area contributed by atoms with Gasteiger partial charge in [-0.1, -0.05) is 17.7 Å². The lowest BCUT2D eigenvalue weighted by molar-refractivity contribution is 0.0661. The molecule has 27 heavy (non-hydrogen) atoms. The maximum atomic E-state index is 10.4. The number of ether oxygens (including phenoxy) is 2. The highest BCUT2D eigenvalue weighted by Crippen LogP contribution is 2.21. The third-order valence-electron chi connectivity index (χ3n) is 5.04. The number of anilines is 1. The second-order valence-electron chi connectivity index (χ2n) is 7.22. The lowest BCUT2D eigenvalue weighted by Crippen LogP contribution is -2.49. The predicted octanol–water partition coefficient (Wildman–Crippen LogP) is 2.87. The Morgan fingerprint density at radius 1 is 1.00 bits per heavy atom. The highest BCUT2D eigenvalue weighted by Gasteiger charge is 2.20. The van der Waals surface area contributed by atoms with Gasteiger partial charge in [0.05, 0.1) is 7.11 Å². The van der Waals surface area contributed by atoms with Gasteiger partial charge in [-0.2, -0.15) is 0 Å². The van der Waals surface area contributed by atoms with Crippen LogP contribution in [0.2, 0.25) is 0 Å². The molecule has 0 radical (unpaired) electrons. The molecule has 0 saturated carbocycles. The molecular formula is C22H30N2O3. The molecule has 5 nitrogen and oxygen atoms in total. The quantitative estimate of drug-likeness (QED) is 0.812. The average molecular weight is 370 g/mol. The SMILES string of the molecule is COc1ccc(N2CCN(C[C@H](O)COc3ccc(C)cc3C)CC2)cc1. The fraction of sp³-hybridized carbons (Fsp3) is 0.455. The summed E-state index contributed by atoms with van der Waals surface area (Å²) in [5.41, 5.74) is 3.54. The molecule has 5 heteroatoms. The number of hydrogen-bond acceptors (Lipinski definition) is 5. The van der Waals surface area contributed by atoms with Crippen LogP contribution in [-0.2, 0) is 0 Å². The number of benzene rings is 2. The molecule has 1 heterocycles. The topological polar surface area (TPSA) is 45.2 Å². The van der Waals surface area contributed by atoms with Crippen molar-refractivity contribution in [3.63, 3.8) is 0 Å². The van der Waals surface area contributed by atoms with Crippen molar-refractivity contribution in [2.45, 2.75) is 20.0 Å². The molecule has 0 spiro atoms. The van der Waals surface area contributed by atoms with Crippen molar-refractivity contribution in [2.24, 2.45) is 0 Å². The van der Waals surface area contributed by atoms with Gasteiger partial charge in [-0.15, -0.1) is 0 Å². The second-order valence-corrected chi connectivity index (χ2v) is 7.22. The van der Waals surface area contributed by atoms with Crippen molar-refractivity contribution in [3.05, 3.63) is 53.6 Å². The van der Waals surface area contributed by atoms with Crippen LogP contribution >= 0.6 is 0 Å². The summed E-state index contributed by atoms with van der Waals surface area (Å²) >= 11 is 0. The van der Waals surface area contributed by atoms with E-state index in [0.717, 1.165) is 43.2 Å². The first-order chi connectivity index (χ1) is 13.0. The molecule has 146 valence electrons. The summed E-state index contributed by atoms with van der Waals surface area (Å²) < 4.78 is 11.0. The first-order valence-corrected chi connectivity index (χ1v) is 9.54. The van der Waals surface area contributed by atoms with Gasteiger partial charge in [0.2, 0.25) is 0 Å². The van der Waals surface area contributed by atoms with E-state index in [1.165, 1.54) is 11.3 Å². The average Bonchev–Trinajstić information content (AvgIpc) is 2.68. The van der Waals surface area contributed by atoms with Gasteiger partial charge < -0.3 is 19.5 Å². The zero-order valence-corrected chi connectivity index (χ0v) is 16.5. The van der Waals surface area contributed by atoms with E-state index >= 15 is 0 Å². The minimum Gasteiger partial charge on any atom is -0.497 e. The van der Waals surface area contributed by atoms with Crippen LogP contribution in [0, 0.1) is 13.8 Å². The molecule has 1 aliphatic rings. The van der Waals surface area contributed by atoms with Crippen LogP contribution in [0.3, 0.4) is 0 Å². The van der Waals surface area contributed by atoms with Crippen LogP contribution in [0.5, 0.6) is 11.5 Å². The lowest BCUT2D eigenvalue weighted by Gasteiger charge is -2.36. The van der Waals surface area contributed by atoms with Crippen LogP contribution in [0.25, 0.3) is 0 Å². The third-order valence-corrected chi connectivity index (χ3v) is 5.04. The normalized spacial score (nSPS) is 16.2. The second kappa shape index (κ2) is 9.11. The van der Waals surface area contributed by atoms with Gasteiger partial charge in [0.15, 0.2) is 0 Å². The highest BCUT2D eigenvalue weighted by atomic mass is 16.5. The molecule has 0 amide bonds. The van der Waals surface area contributed by atoms with E-state index in [2.05, 4.69) is 34.9 Å². The number of nitrogens with zero attached hydrogens (tertiary/aromatic N) is 2. The molecule has 3 rings (SSSR count). The van der Waals surface area contributed by atoms with Crippen LogP contribution in [0.15, 0.2) is 42.5 Å². The summed E-state index contributed by atoms with van der Waals surface area (Å²) in [6, 6.07) is 14.3. The Hall–Kier alpha value is -2.24. The number of aryl methyl sites for hydroxylation is 2. The van der Waals surface area contributed by atoms with E-state index in [4.69, 9.17) is 9.47 Å². The summed E-state index contributed by atoms with van der Waals surface area (Å²) in [6.45, 7) is 8.85. The van der Waals surface area contributed by atoms with Crippen molar-refractivity contribution in [3.8, 4) is 11.5 Å². The molecule has 1 fully saturated rings. The third kappa shape index (κ3) is 5.37. The minimum absolute atomic E-state index is 0.322. The molecule has 0 aromatic heterocycles. The van der Waals surface area contributed by atoms with Crippen molar-refractivity contribution in [1.82, 2.24) is 4.90 Å². The minimum atomic E-state index is -0.488. The Kier molecular flexibility index (Phi) is 6.58. The van der Waals surface area contributed by atoms with Crippen molar-refractivity contribution >= 4 is 5.69 Å². The van der Waals surface area contributed by atoms with Crippen LogP contribution in [-0.4, -0.2) is 62.6 Å². The number of methoxy groups -OCH3 is 1. The fourth-order valence-electron chi connectivity index (χ4n) is 3.48. The smallest absolute Gasteiger partial charge is 0.122 e. The van der Waals surface area contributed by atoms with Gasteiger partial charge in [-0.05, 0) is 49.7 Å². The molecule has 1 saturated heterocycles. The van der Waals surface area contributed by atoms with E-state index < -0.39 is 6.10 Å². The summed E-state index contributed by atoms with van der Waals surface area (Å²) in [4.78, 5) is 4.67. The number of β-amino-alcohol motifs (C(OH)–C–C–N with tert-alkyl or cyclic N) is 1. The fourth-order valence-corrected chi connectivity index (χ4v) is 3.48. The Morgan fingerprint density at radius 2 is 1.70 bits per heavy atom. The highest BCUT2D eigenvalue weighted by molar-refractivity contribution is 5.49. The van der Waals surface area contributed by atoms with Crippen LogP contribution < -0.4 is 14.4 Å². The van der Waals surface area contributed by atoms with Gasteiger partial charge in [-0.3, -0.25) is 4.90 Å². The zero-order valence-electron chi connectivity index (χ0n) is 16.5. The lowest BCUT2D eigenvalue weighted by atomic mass is 10.1. The monoisotopic (exact) mass is 370 g/mol. The largest absolute Gasteiger partial charge is 0.497 e. The maximum Gasteiger partial charge on any atom is 0.122 e. The molecule has 1 atom stereocenters. The van der Waals surface area contributed by atoms with Crippen molar-refractivity contribution in [2.75, 3.05) is 51.3 Å². The molecule has 1 N–H and O–H groups in total. The molecule has 2 aromatic carbocycles.